The van der Waals surface area contributed by atoms with Crippen molar-refractivity contribution in [1.82, 2.24) is 9.62 Å². The lowest BCUT2D eigenvalue weighted by Gasteiger charge is -2.26. The Kier molecular flexibility index (Phi) is 6.55. The zero-order valence-electron chi connectivity index (χ0n) is 15.2. The van der Waals surface area contributed by atoms with Gasteiger partial charge in [-0.2, -0.15) is 4.31 Å². The normalized spacial score (nSPS) is 16.4. The highest BCUT2D eigenvalue weighted by atomic mass is 32.2. The highest BCUT2D eigenvalue weighted by molar-refractivity contribution is 7.89. The van der Waals surface area contributed by atoms with Gasteiger partial charge in [-0.3, -0.25) is 10.1 Å². The summed E-state index contributed by atoms with van der Waals surface area (Å²) in [4.78, 5) is 34.6. The Bertz CT molecular complexity index is 846. The molecule has 3 N–H and O–H groups in total. The second kappa shape index (κ2) is 8.49. The van der Waals surface area contributed by atoms with E-state index in [1.54, 1.807) is 6.92 Å². The second-order valence-corrected chi connectivity index (χ2v) is 8.25. The maximum atomic E-state index is 12.9. The Morgan fingerprint density at radius 2 is 1.81 bits per heavy atom. The summed E-state index contributed by atoms with van der Waals surface area (Å²) in [5.41, 5.74) is 5.35. The van der Waals surface area contributed by atoms with Gasteiger partial charge in [0.1, 0.15) is 0 Å². The summed E-state index contributed by atoms with van der Waals surface area (Å²) < 4.78 is 32.2. The molecule has 2 rings (SSSR count). The summed E-state index contributed by atoms with van der Waals surface area (Å²) in [6, 6.07) is 3.13. The molecule has 148 valence electrons. The molecule has 0 unspecified atom stereocenters. The van der Waals surface area contributed by atoms with E-state index in [4.69, 9.17) is 10.5 Å². The highest BCUT2D eigenvalue weighted by Crippen LogP contribution is 2.24. The van der Waals surface area contributed by atoms with E-state index in [0.717, 1.165) is 19.3 Å². The van der Waals surface area contributed by atoms with Gasteiger partial charge in [-0.15, -0.1) is 0 Å². The SMILES string of the molecule is Cc1ccc(C(=O)O[C@@H](C)C(=O)NC(N)=O)cc1S(=O)(=O)N1CCCCC1. The predicted molar refractivity (Wildman–Crippen MR) is 96.4 cm³/mol. The summed E-state index contributed by atoms with van der Waals surface area (Å²) in [6.07, 6.45) is 1.31. The number of hydrogen-bond acceptors (Lipinski definition) is 6. The average molecular weight is 397 g/mol. The van der Waals surface area contributed by atoms with Gasteiger partial charge in [-0.1, -0.05) is 12.5 Å². The number of urea groups is 1. The molecule has 0 radical (unpaired) electrons. The Labute approximate surface area is 157 Å². The van der Waals surface area contributed by atoms with Gasteiger partial charge in [0, 0.05) is 13.1 Å². The third-order valence-electron chi connectivity index (χ3n) is 4.26. The van der Waals surface area contributed by atoms with Gasteiger partial charge < -0.3 is 10.5 Å². The number of carbonyl (C=O) groups excluding carboxylic acids is 3. The van der Waals surface area contributed by atoms with Crippen LogP contribution in [0.15, 0.2) is 23.1 Å². The van der Waals surface area contributed by atoms with Gasteiger partial charge in [0.15, 0.2) is 6.10 Å². The van der Waals surface area contributed by atoms with E-state index in [0.29, 0.717) is 18.7 Å². The maximum Gasteiger partial charge on any atom is 0.338 e. The van der Waals surface area contributed by atoms with Crippen LogP contribution in [0.5, 0.6) is 0 Å². The van der Waals surface area contributed by atoms with Gasteiger partial charge >= 0.3 is 12.0 Å². The zero-order chi connectivity index (χ0) is 20.2. The van der Waals surface area contributed by atoms with Crippen LogP contribution in [0.1, 0.15) is 42.1 Å². The Morgan fingerprint density at radius 1 is 1.19 bits per heavy atom. The molecular formula is C17H23N3O6S. The van der Waals surface area contributed by atoms with Crippen LogP contribution < -0.4 is 11.1 Å². The fraction of sp³-hybridized carbons (Fsp3) is 0.471. The number of hydrogen-bond donors (Lipinski definition) is 2. The number of benzene rings is 1. The van der Waals surface area contributed by atoms with E-state index >= 15 is 0 Å². The quantitative estimate of drug-likeness (QED) is 0.709. The molecule has 1 aliphatic heterocycles. The lowest BCUT2D eigenvalue weighted by Crippen LogP contribution is -2.42. The number of rotatable bonds is 5. The summed E-state index contributed by atoms with van der Waals surface area (Å²) in [5.74, 6) is -1.75. The van der Waals surface area contributed by atoms with Crippen LogP contribution in [0, 0.1) is 6.92 Å². The minimum absolute atomic E-state index is 0.00471. The molecule has 0 spiro atoms. The molecule has 9 nitrogen and oxygen atoms in total. The Balaban J connectivity index is 2.22. The minimum atomic E-state index is -3.72. The minimum Gasteiger partial charge on any atom is -0.449 e. The predicted octanol–water partition coefficient (Wildman–Crippen LogP) is 0.910. The van der Waals surface area contributed by atoms with Gasteiger partial charge in [-0.05, 0) is 44.4 Å². The van der Waals surface area contributed by atoms with E-state index in [2.05, 4.69) is 0 Å². The van der Waals surface area contributed by atoms with Crippen molar-refractivity contribution in [3.8, 4) is 0 Å². The second-order valence-electron chi connectivity index (χ2n) is 6.35. The average Bonchev–Trinajstić information content (AvgIpc) is 2.61. The molecule has 1 atom stereocenters. The van der Waals surface area contributed by atoms with Crippen LogP contribution in [0.25, 0.3) is 0 Å². The third-order valence-corrected chi connectivity index (χ3v) is 6.30. The van der Waals surface area contributed by atoms with Crippen molar-refractivity contribution >= 4 is 27.9 Å². The molecule has 10 heteroatoms. The number of nitrogens with one attached hydrogen (secondary N) is 1. The lowest BCUT2D eigenvalue weighted by atomic mass is 10.1. The summed E-state index contributed by atoms with van der Waals surface area (Å²) in [7, 11) is -3.72. The first kappa shape index (κ1) is 20.8. The molecule has 1 saturated heterocycles. The molecule has 27 heavy (non-hydrogen) atoms. The third kappa shape index (κ3) is 5.04. The van der Waals surface area contributed by atoms with Crippen LogP contribution in [-0.2, 0) is 19.6 Å². The Hall–Kier alpha value is -2.46. The number of esters is 1. The lowest BCUT2D eigenvalue weighted by molar-refractivity contribution is -0.127. The number of primary amides is 1. The maximum absolute atomic E-state index is 12.9. The van der Waals surface area contributed by atoms with Crippen LogP contribution >= 0.6 is 0 Å². The number of nitrogens with two attached hydrogens (primary N) is 1. The molecule has 1 fully saturated rings. The largest absolute Gasteiger partial charge is 0.449 e. The number of nitrogens with zero attached hydrogens (tertiary/aromatic N) is 1. The molecule has 0 aliphatic carbocycles. The fourth-order valence-electron chi connectivity index (χ4n) is 2.75. The van der Waals surface area contributed by atoms with Crippen molar-refractivity contribution in [2.24, 2.45) is 5.73 Å². The number of amides is 3. The van der Waals surface area contributed by atoms with Crippen molar-refractivity contribution in [2.75, 3.05) is 13.1 Å². The van der Waals surface area contributed by atoms with E-state index < -0.39 is 34.0 Å². The smallest absolute Gasteiger partial charge is 0.338 e. The van der Waals surface area contributed by atoms with Crippen molar-refractivity contribution in [2.45, 2.75) is 44.1 Å². The number of carbonyl (C=O) groups is 3. The highest BCUT2D eigenvalue weighted by Gasteiger charge is 2.29. The Morgan fingerprint density at radius 3 is 2.41 bits per heavy atom. The molecule has 1 heterocycles. The summed E-state index contributed by atoms with van der Waals surface area (Å²) >= 11 is 0. The zero-order valence-corrected chi connectivity index (χ0v) is 16.0. The van der Waals surface area contributed by atoms with Crippen molar-refractivity contribution in [3.05, 3.63) is 29.3 Å². The molecule has 1 aromatic rings. The topological polar surface area (TPSA) is 136 Å². The number of ether oxygens (including phenoxy) is 1. The first-order valence-corrected chi connectivity index (χ1v) is 9.99. The molecule has 0 saturated carbocycles. The molecule has 1 aromatic carbocycles. The van der Waals surface area contributed by atoms with Gasteiger partial charge in [-0.25, -0.2) is 18.0 Å². The molecule has 3 amide bonds. The van der Waals surface area contributed by atoms with Crippen LogP contribution in [0.4, 0.5) is 4.79 Å². The van der Waals surface area contributed by atoms with E-state index in [1.807, 2.05) is 5.32 Å². The van der Waals surface area contributed by atoms with Gasteiger partial charge in [0.25, 0.3) is 5.91 Å². The first-order chi connectivity index (χ1) is 12.6. The monoisotopic (exact) mass is 397 g/mol. The van der Waals surface area contributed by atoms with Crippen molar-refractivity contribution in [1.29, 1.82) is 0 Å². The van der Waals surface area contributed by atoms with Crippen LogP contribution in [0.2, 0.25) is 0 Å². The number of aryl methyl sites for hydroxylation is 1. The molecule has 1 aliphatic rings. The first-order valence-electron chi connectivity index (χ1n) is 8.55. The molecule has 0 aromatic heterocycles. The van der Waals surface area contributed by atoms with E-state index in [-0.39, 0.29) is 10.5 Å². The number of imide groups is 1. The number of piperidine rings is 1. The van der Waals surface area contributed by atoms with Crippen molar-refractivity contribution in [3.63, 3.8) is 0 Å². The fourth-order valence-corrected chi connectivity index (χ4v) is 4.52. The molecule has 0 bridgehead atoms. The standard InChI is InChI=1S/C17H23N3O6S/c1-11-6-7-13(16(22)26-12(2)15(21)19-17(18)23)10-14(11)27(24,25)20-8-4-3-5-9-20/h6-7,10,12H,3-5,8-9H2,1-2H3,(H3,18,19,21,23)/t12-/m0/s1. The van der Waals surface area contributed by atoms with Crippen LogP contribution in [0.3, 0.4) is 0 Å². The van der Waals surface area contributed by atoms with Crippen LogP contribution in [-0.4, -0.2) is 49.8 Å². The van der Waals surface area contributed by atoms with Crippen molar-refractivity contribution < 1.29 is 27.5 Å². The van der Waals surface area contributed by atoms with Gasteiger partial charge in [0.2, 0.25) is 10.0 Å². The van der Waals surface area contributed by atoms with E-state index in [1.165, 1.54) is 29.4 Å². The number of sulfonamides is 1. The molecular weight excluding hydrogens is 374 g/mol. The van der Waals surface area contributed by atoms with E-state index in [9.17, 15) is 22.8 Å². The van der Waals surface area contributed by atoms with Gasteiger partial charge in [0.05, 0.1) is 10.5 Å². The summed E-state index contributed by atoms with van der Waals surface area (Å²) in [5, 5.41) is 1.81. The summed E-state index contributed by atoms with van der Waals surface area (Å²) in [6.45, 7) is 3.81.